The Balaban J connectivity index is 1.62. The van der Waals surface area contributed by atoms with Crippen molar-refractivity contribution in [2.75, 3.05) is 6.61 Å². The Bertz CT molecular complexity index is 1010. The van der Waals surface area contributed by atoms with Crippen LogP contribution in [0.4, 0.5) is 4.39 Å². The Labute approximate surface area is 142 Å². The highest BCUT2D eigenvalue weighted by Gasteiger charge is 2.17. The van der Waals surface area contributed by atoms with Crippen molar-refractivity contribution in [1.29, 1.82) is 0 Å². The first-order valence-electron chi connectivity index (χ1n) is 7.79. The van der Waals surface area contributed by atoms with Gasteiger partial charge in [-0.25, -0.2) is 4.39 Å². The van der Waals surface area contributed by atoms with Crippen LogP contribution in [0.3, 0.4) is 0 Å². The highest BCUT2D eigenvalue weighted by molar-refractivity contribution is 5.67. The van der Waals surface area contributed by atoms with E-state index in [-0.39, 0.29) is 23.1 Å². The van der Waals surface area contributed by atoms with Crippen LogP contribution in [0.25, 0.3) is 23.5 Å². The van der Waals surface area contributed by atoms with Crippen molar-refractivity contribution < 1.29 is 13.7 Å². The third-order valence-corrected chi connectivity index (χ3v) is 3.92. The Kier molecular flexibility index (Phi) is 3.99. The van der Waals surface area contributed by atoms with Gasteiger partial charge in [0.15, 0.2) is 0 Å². The maximum absolute atomic E-state index is 13.2. The number of benzene rings is 1. The summed E-state index contributed by atoms with van der Waals surface area (Å²) in [6, 6.07) is 7.86. The molecule has 0 saturated carbocycles. The fourth-order valence-corrected chi connectivity index (χ4v) is 2.68. The molecule has 0 atom stereocenters. The molecule has 1 aliphatic rings. The van der Waals surface area contributed by atoms with Crippen molar-refractivity contribution >= 4 is 12.2 Å². The normalized spacial score (nSPS) is 14.0. The Morgan fingerprint density at radius 1 is 1.24 bits per heavy atom. The van der Waals surface area contributed by atoms with Gasteiger partial charge in [0.25, 0.3) is 11.4 Å². The molecule has 25 heavy (non-hydrogen) atoms. The van der Waals surface area contributed by atoms with Crippen LogP contribution >= 0.6 is 0 Å². The second-order valence-corrected chi connectivity index (χ2v) is 5.66. The molecule has 0 aliphatic carbocycles. The number of nitrogens with one attached hydrogen (secondary N) is 1. The predicted octanol–water partition coefficient (Wildman–Crippen LogP) is 2.81. The van der Waals surface area contributed by atoms with Crippen LogP contribution < -0.4 is 5.56 Å². The van der Waals surface area contributed by atoms with Crippen LogP contribution in [-0.4, -0.2) is 21.7 Å². The van der Waals surface area contributed by atoms with Gasteiger partial charge in [0, 0.05) is 18.2 Å². The number of hydrogen-bond donors (Lipinski definition) is 1. The van der Waals surface area contributed by atoms with Crippen LogP contribution in [0.2, 0.25) is 0 Å². The van der Waals surface area contributed by atoms with Crippen molar-refractivity contribution in [2.24, 2.45) is 0 Å². The largest absolute Gasteiger partial charge is 0.376 e. The van der Waals surface area contributed by atoms with Crippen LogP contribution in [0.15, 0.2) is 39.6 Å². The van der Waals surface area contributed by atoms with Crippen molar-refractivity contribution in [2.45, 2.75) is 13.0 Å². The van der Waals surface area contributed by atoms with Gasteiger partial charge in [-0.1, -0.05) is 17.3 Å². The summed E-state index contributed by atoms with van der Waals surface area (Å²) < 4.78 is 23.7. The van der Waals surface area contributed by atoms with Crippen molar-refractivity contribution in [3.05, 3.63) is 69.2 Å². The van der Waals surface area contributed by atoms with Crippen molar-refractivity contribution in [3.8, 4) is 11.4 Å². The first-order valence-corrected chi connectivity index (χ1v) is 7.79. The number of pyridine rings is 1. The molecule has 3 heterocycles. The van der Waals surface area contributed by atoms with E-state index in [1.165, 1.54) is 12.1 Å². The first-order chi connectivity index (χ1) is 12.2. The molecule has 0 amide bonds. The van der Waals surface area contributed by atoms with Crippen LogP contribution in [0.1, 0.15) is 22.7 Å². The van der Waals surface area contributed by atoms with Crippen molar-refractivity contribution in [1.82, 2.24) is 15.1 Å². The molecule has 4 rings (SSSR count). The molecule has 1 N–H and O–H groups in total. The lowest BCUT2D eigenvalue weighted by Gasteiger charge is -2.15. The van der Waals surface area contributed by atoms with Crippen LogP contribution in [0, 0.1) is 5.82 Å². The van der Waals surface area contributed by atoms with Gasteiger partial charge in [-0.3, -0.25) is 4.79 Å². The summed E-state index contributed by atoms with van der Waals surface area (Å²) in [7, 11) is 0. The second kappa shape index (κ2) is 6.45. The van der Waals surface area contributed by atoms with Gasteiger partial charge in [0.2, 0.25) is 5.82 Å². The molecule has 2 aromatic heterocycles. The highest BCUT2D eigenvalue weighted by Crippen LogP contribution is 2.19. The zero-order valence-corrected chi connectivity index (χ0v) is 13.2. The average molecular weight is 339 g/mol. The van der Waals surface area contributed by atoms with Gasteiger partial charge in [-0.15, -0.1) is 0 Å². The zero-order valence-electron chi connectivity index (χ0n) is 13.2. The van der Waals surface area contributed by atoms with Crippen LogP contribution in [-0.2, 0) is 17.8 Å². The van der Waals surface area contributed by atoms with E-state index in [0.29, 0.717) is 30.8 Å². The molecule has 6 nitrogen and oxygen atoms in total. The monoisotopic (exact) mass is 339 g/mol. The molecule has 0 bridgehead atoms. The molecule has 0 saturated heterocycles. The van der Waals surface area contributed by atoms with Gasteiger partial charge in [0.1, 0.15) is 5.82 Å². The number of rotatable bonds is 3. The molecule has 0 spiro atoms. The number of halogens is 1. The first kappa shape index (κ1) is 15.5. The number of fused-ring (bicyclic) bond motifs is 1. The summed E-state index contributed by atoms with van der Waals surface area (Å²) in [5, 5.41) is 3.85. The molecule has 7 heteroatoms. The van der Waals surface area contributed by atoms with Gasteiger partial charge < -0.3 is 14.2 Å². The second-order valence-electron chi connectivity index (χ2n) is 5.66. The lowest BCUT2D eigenvalue weighted by molar-refractivity contribution is 0.109. The molecule has 0 unspecified atom stereocenters. The number of hydrogen-bond acceptors (Lipinski definition) is 5. The van der Waals surface area contributed by atoms with E-state index in [4.69, 9.17) is 9.26 Å². The smallest absolute Gasteiger partial charge is 0.259 e. The van der Waals surface area contributed by atoms with E-state index in [1.807, 2.05) is 0 Å². The quantitative estimate of drug-likeness (QED) is 0.793. The summed E-state index contributed by atoms with van der Waals surface area (Å²) in [6.45, 7) is 1.04. The molecule has 0 radical (unpaired) electrons. The predicted molar refractivity (Wildman–Crippen MR) is 89.0 cm³/mol. The maximum Gasteiger partial charge on any atom is 0.259 e. The maximum atomic E-state index is 13.2. The van der Waals surface area contributed by atoms with Gasteiger partial charge >= 0.3 is 0 Å². The summed E-state index contributed by atoms with van der Waals surface area (Å²) in [5.41, 5.74) is 2.54. The van der Waals surface area contributed by atoms with E-state index >= 15 is 0 Å². The summed E-state index contributed by atoms with van der Waals surface area (Å²) in [5.74, 6) is 0.109. The van der Waals surface area contributed by atoms with Gasteiger partial charge in [0.05, 0.1) is 18.8 Å². The summed E-state index contributed by atoms with van der Waals surface area (Å²) in [6.07, 6.45) is 3.91. The molecular formula is C18H14FN3O3. The van der Waals surface area contributed by atoms with E-state index in [0.717, 1.165) is 11.3 Å². The Morgan fingerprint density at radius 3 is 3.04 bits per heavy atom. The SMILES string of the molecule is O=c1[nH]c2c(cc1-c1noc(/C=C/c3cccc(F)c3)n1)COCC2. The lowest BCUT2D eigenvalue weighted by atomic mass is 10.1. The minimum atomic E-state index is -0.323. The molecule has 1 aromatic carbocycles. The number of aromatic nitrogens is 3. The minimum absolute atomic E-state index is 0.202. The third kappa shape index (κ3) is 3.27. The fraction of sp³-hybridized carbons (Fsp3) is 0.167. The number of nitrogens with zero attached hydrogens (tertiary/aromatic N) is 2. The Hall–Kier alpha value is -3.06. The summed E-state index contributed by atoms with van der Waals surface area (Å²) >= 11 is 0. The fourth-order valence-electron chi connectivity index (χ4n) is 2.68. The van der Waals surface area contributed by atoms with Crippen molar-refractivity contribution in [3.63, 3.8) is 0 Å². The van der Waals surface area contributed by atoms with E-state index < -0.39 is 0 Å². The van der Waals surface area contributed by atoms with Gasteiger partial charge in [-0.05, 0) is 35.4 Å². The number of ether oxygens (including phenoxy) is 1. The molecule has 126 valence electrons. The van der Waals surface area contributed by atoms with E-state index in [2.05, 4.69) is 15.1 Å². The third-order valence-electron chi connectivity index (χ3n) is 3.92. The molecular weight excluding hydrogens is 325 g/mol. The number of aromatic amines is 1. The lowest BCUT2D eigenvalue weighted by Crippen LogP contribution is -2.19. The average Bonchev–Trinajstić information content (AvgIpc) is 3.08. The minimum Gasteiger partial charge on any atom is -0.376 e. The molecule has 0 fully saturated rings. The Morgan fingerprint density at radius 2 is 2.16 bits per heavy atom. The van der Waals surface area contributed by atoms with Gasteiger partial charge in [-0.2, -0.15) is 4.98 Å². The number of H-pyrrole nitrogens is 1. The van der Waals surface area contributed by atoms with E-state index in [9.17, 15) is 9.18 Å². The highest BCUT2D eigenvalue weighted by atomic mass is 19.1. The van der Waals surface area contributed by atoms with E-state index in [1.54, 1.807) is 30.4 Å². The molecule has 3 aromatic rings. The topological polar surface area (TPSA) is 81.0 Å². The molecule has 1 aliphatic heterocycles. The summed E-state index contributed by atoms with van der Waals surface area (Å²) in [4.78, 5) is 19.3. The van der Waals surface area contributed by atoms with Crippen LogP contribution in [0.5, 0.6) is 0 Å². The standard InChI is InChI=1S/C18H14FN3O3/c19-13-3-1-2-11(8-13)4-5-16-21-17(22-25-16)14-9-12-10-24-7-6-15(12)20-18(14)23/h1-5,8-9H,6-7,10H2,(H,20,23)/b5-4+. The zero-order chi connectivity index (χ0) is 17.2.